The molecule has 7 nitrogen and oxygen atoms in total. The zero-order valence-electron chi connectivity index (χ0n) is 16.1. The summed E-state index contributed by atoms with van der Waals surface area (Å²) in [4.78, 5) is 16.9. The average molecular weight is 377 g/mol. The van der Waals surface area contributed by atoms with Crippen molar-refractivity contribution in [1.82, 2.24) is 25.2 Å². The lowest BCUT2D eigenvalue weighted by Crippen LogP contribution is -2.32. The average Bonchev–Trinajstić information content (AvgIpc) is 3.42. The molecule has 1 aromatic carbocycles. The van der Waals surface area contributed by atoms with Crippen LogP contribution < -0.4 is 5.32 Å². The molecule has 2 atom stereocenters. The molecule has 7 heteroatoms. The van der Waals surface area contributed by atoms with Crippen LogP contribution in [0.4, 0.5) is 0 Å². The summed E-state index contributed by atoms with van der Waals surface area (Å²) in [6.45, 7) is 6.18. The standard InChI is InChI=1S/C21H23N5O2/c1-13-8-14(2)26(24-13)11-15-4-3-5-16(9-15)19-23-20(28-25-19)21-7-6-18(27)17(21)10-22-12-21/h3-5,8-9,17,22H,6-7,10-12H2,1-2H3. The molecule has 0 bridgehead atoms. The topological polar surface area (TPSA) is 85.8 Å². The molecule has 1 aliphatic heterocycles. The van der Waals surface area contributed by atoms with Crippen LogP contribution in [0.2, 0.25) is 0 Å². The summed E-state index contributed by atoms with van der Waals surface area (Å²) in [5.74, 6) is 1.42. The number of aryl methyl sites for hydroxylation is 2. The zero-order valence-corrected chi connectivity index (χ0v) is 16.1. The number of rotatable bonds is 4. The normalized spacial score (nSPS) is 24.1. The molecule has 1 N–H and O–H groups in total. The highest BCUT2D eigenvalue weighted by atomic mass is 16.5. The van der Waals surface area contributed by atoms with Crippen LogP contribution in [0.25, 0.3) is 11.4 Å². The van der Waals surface area contributed by atoms with E-state index in [1.165, 1.54) is 0 Å². The molecule has 2 fully saturated rings. The first-order chi connectivity index (χ1) is 13.5. The van der Waals surface area contributed by atoms with Crippen molar-refractivity contribution < 1.29 is 9.32 Å². The van der Waals surface area contributed by atoms with Gasteiger partial charge in [0, 0.05) is 36.7 Å². The van der Waals surface area contributed by atoms with E-state index in [9.17, 15) is 4.79 Å². The van der Waals surface area contributed by atoms with Gasteiger partial charge >= 0.3 is 0 Å². The Hall–Kier alpha value is -2.80. The van der Waals surface area contributed by atoms with Crippen molar-refractivity contribution >= 4 is 5.78 Å². The minimum absolute atomic E-state index is 0.0434. The van der Waals surface area contributed by atoms with E-state index in [1.807, 2.05) is 23.7 Å². The van der Waals surface area contributed by atoms with Crippen LogP contribution >= 0.6 is 0 Å². The maximum Gasteiger partial charge on any atom is 0.235 e. The lowest BCUT2D eigenvalue weighted by Gasteiger charge is -2.21. The Bertz CT molecular complexity index is 1050. The highest BCUT2D eigenvalue weighted by molar-refractivity contribution is 5.86. The molecular weight excluding hydrogens is 354 g/mol. The summed E-state index contributed by atoms with van der Waals surface area (Å²) < 4.78 is 7.66. The number of carbonyl (C=O) groups is 1. The third kappa shape index (κ3) is 2.69. The second-order valence-electron chi connectivity index (χ2n) is 8.01. The number of hydrogen-bond donors (Lipinski definition) is 1. The monoisotopic (exact) mass is 377 g/mol. The number of aromatic nitrogens is 4. The molecule has 28 heavy (non-hydrogen) atoms. The number of Topliss-reactive ketones (excluding diaryl/α,β-unsaturated/α-hetero) is 1. The number of carbonyl (C=O) groups excluding carboxylic acids is 1. The number of benzene rings is 1. The predicted molar refractivity (Wildman–Crippen MR) is 103 cm³/mol. The van der Waals surface area contributed by atoms with Gasteiger partial charge in [-0.05, 0) is 38.0 Å². The maximum absolute atomic E-state index is 12.2. The van der Waals surface area contributed by atoms with Gasteiger partial charge in [-0.15, -0.1) is 0 Å². The van der Waals surface area contributed by atoms with Crippen LogP contribution in [0.1, 0.15) is 35.7 Å². The molecule has 3 heterocycles. The van der Waals surface area contributed by atoms with E-state index < -0.39 is 0 Å². The van der Waals surface area contributed by atoms with Crippen molar-refractivity contribution in [3.05, 3.63) is 53.2 Å². The molecule has 1 saturated carbocycles. The Labute approximate surface area is 163 Å². The lowest BCUT2D eigenvalue weighted by molar-refractivity contribution is -0.120. The molecule has 3 aromatic rings. The van der Waals surface area contributed by atoms with E-state index in [1.54, 1.807) is 0 Å². The first kappa shape index (κ1) is 17.3. The first-order valence-electron chi connectivity index (χ1n) is 9.73. The Morgan fingerprint density at radius 1 is 1.32 bits per heavy atom. The van der Waals surface area contributed by atoms with Crippen molar-refractivity contribution in [3.63, 3.8) is 0 Å². The first-order valence-corrected chi connectivity index (χ1v) is 9.73. The molecule has 0 amide bonds. The number of hydrogen-bond acceptors (Lipinski definition) is 6. The van der Waals surface area contributed by atoms with E-state index in [-0.39, 0.29) is 11.3 Å². The summed E-state index contributed by atoms with van der Waals surface area (Å²) >= 11 is 0. The number of fused-ring (bicyclic) bond motifs is 1. The van der Waals surface area contributed by atoms with E-state index in [0.29, 0.717) is 37.0 Å². The van der Waals surface area contributed by atoms with Gasteiger partial charge < -0.3 is 9.84 Å². The molecule has 2 aliphatic rings. The third-order valence-electron chi connectivity index (χ3n) is 6.13. The zero-order chi connectivity index (χ0) is 19.3. The third-order valence-corrected chi connectivity index (χ3v) is 6.13. The SMILES string of the molecule is Cc1cc(C)n(Cc2cccc(-c3noc(C45CCC(=O)C4CNC5)n3)c2)n1. The van der Waals surface area contributed by atoms with E-state index in [0.717, 1.165) is 35.5 Å². The summed E-state index contributed by atoms with van der Waals surface area (Å²) in [5.41, 5.74) is 3.86. The Morgan fingerprint density at radius 2 is 2.21 bits per heavy atom. The van der Waals surface area contributed by atoms with E-state index in [4.69, 9.17) is 9.51 Å². The second-order valence-corrected chi connectivity index (χ2v) is 8.01. The largest absolute Gasteiger partial charge is 0.338 e. The van der Waals surface area contributed by atoms with Crippen molar-refractivity contribution in [3.8, 4) is 11.4 Å². The van der Waals surface area contributed by atoms with E-state index in [2.05, 4.69) is 40.7 Å². The van der Waals surface area contributed by atoms with Crippen LogP contribution in [0.3, 0.4) is 0 Å². The molecule has 2 unspecified atom stereocenters. The summed E-state index contributed by atoms with van der Waals surface area (Å²) in [6.07, 6.45) is 1.38. The fourth-order valence-corrected chi connectivity index (χ4v) is 4.65. The van der Waals surface area contributed by atoms with Crippen LogP contribution in [0, 0.1) is 19.8 Å². The van der Waals surface area contributed by atoms with Gasteiger partial charge in [-0.3, -0.25) is 9.48 Å². The highest BCUT2D eigenvalue weighted by Crippen LogP contribution is 2.45. The lowest BCUT2D eigenvalue weighted by atomic mass is 9.80. The van der Waals surface area contributed by atoms with Crippen molar-refractivity contribution in [1.29, 1.82) is 0 Å². The van der Waals surface area contributed by atoms with Crippen molar-refractivity contribution in [2.75, 3.05) is 13.1 Å². The second kappa shape index (κ2) is 6.38. The molecule has 1 saturated heterocycles. The minimum Gasteiger partial charge on any atom is -0.338 e. The maximum atomic E-state index is 12.2. The highest BCUT2D eigenvalue weighted by Gasteiger charge is 2.55. The van der Waals surface area contributed by atoms with Crippen molar-refractivity contribution in [2.24, 2.45) is 5.92 Å². The minimum atomic E-state index is -0.330. The summed E-state index contributed by atoms with van der Waals surface area (Å²) in [7, 11) is 0. The van der Waals surface area contributed by atoms with Gasteiger partial charge in [0.15, 0.2) is 0 Å². The van der Waals surface area contributed by atoms with Crippen LogP contribution in [0.15, 0.2) is 34.9 Å². The van der Waals surface area contributed by atoms with Crippen molar-refractivity contribution in [2.45, 2.75) is 38.6 Å². The predicted octanol–water partition coefficient (Wildman–Crippen LogP) is 2.42. The van der Waals surface area contributed by atoms with Gasteiger partial charge in [0.05, 0.1) is 17.7 Å². The molecular formula is C21H23N5O2. The Morgan fingerprint density at radius 3 is 3.04 bits per heavy atom. The molecule has 1 aliphatic carbocycles. The van der Waals surface area contributed by atoms with Gasteiger partial charge in [0.2, 0.25) is 11.7 Å². The van der Waals surface area contributed by atoms with Crippen LogP contribution in [-0.2, 0) is 16.8 Å². The van der Waals surface area contributed by atoms with Gasteiger partial charge in [-0.2, -0.15) is 10.1 Å². The molecule has 5 rings (SSSR count). The van der Waals surface area contributed by atoms with Crippen LogP contribution in [-0.4, -0.2) is 38.8 Å². The Balaban J connectivity index is 1.43. The number of ketones is 1. The smallest absolute Gasteiger partial charge is 0.235 e. The Kier molecular flexibility index (Phi) is 3.94. The molecule has 0 spiro atoms. The molecule has 144 valence electrons. The molecule has 0 radical (unpaired) electrons. The quantitative estimate of drug-likeness (QED) is 0.751. The number of nitrogens with zero attached hydrogens (tertiary/aromatic N) is 4. The van der Waals surface area contributed by atoms with E-state index >= 15 is 0 Å². The van der Waals surface area contributed by atoms with Gasteiger partial charge in [0.1, 0.15) is 5.78 Å². The van der Waals surface area contributed by atoms with Crippen LogP contribution in [0.5, 0.6) is 0 Å². The fraction of sp³-hybridized carbons (Fsp3) is 0.429. The fourth-order valence-electron chi connectivity index (χ4n) is 4.65. The van der Waals surface area contributed by atoms with Gasteiger partial charge in [0.25, 0.3) is 0 Å². The molecule has 2 aromatic heterocycles. The van der Waals surface area contributed by atoms with Gasteiger partial charge in [-0.1, -0.05) is 23.4 Å². The van der Waals surface area contributed by atoms with Gasteiger partial charge in [-0.25, -0.2) is 0 Å². The number of nitrogens with one attached hydrogen (secondary N) is 1. The summed E-state index contributed by atoms with van der Waals surface area (Å²) in [6, 6.07) is 10.2. The summed E-state index contributed by atoms with van der Waals surface area (Å²) in [5, 5.41) is 12.1.